The number of nitrogen functional groups attached to an aromatic ring is 1. The van der Waals surface area contributed by atoms with Crippen LogP contribution in [0.4, 0.5) is 17.1 Å². The van der Waals surface area contributed by atoms with Gasteiger partial charge < -0.3 is 19.9 Å². The molecule has 2 aromatic heterocycles. The molecule has 0 bridgehead atoms. The summed E-state index contributed by atoms with van der Waals surface area (Å²) in [5.41, 5.74) is 16.4. The standard InChI is InChI=1S/C27H38N2OSi.C15H20BrNOSi.C12H19N/c1-18(2)21-13-11-14-22(19(3)4)26(21)28-23-15-10-12-20-16-17-24(29-25(20)23)30-31(8,9)27(5,6)7;1-15(2,3)19(4,5)18-13-10-9-11-7-6-8-12(16)14(11)17-13;1-8(2)10-6-5-7-11(9(3)4)12(10)13/h10-19,28H,1-9H3;6-10H,1-5H3;5-9H,13H2,1-4H3. The Labute approximate surface area is 391 Å². The van der Waals surface area contributed by atoms with Crippen molar-refractivity contribution in [2.45, 2.75) is 157 Å². The number of hydrogen-bond acceptors (Lipinski definition) is 6. The van der Waals surface area contributed by atoms with Gasteiger partial charge in [-0.25, -0.2) is 9.97 Å². The van der Waals surface area contributed by atoms with Crippen molar-refractivity contribution in [3.63, 3.8) is 0 Å². The number of benzene rings is 4. The molecular weight excluding hydrogens is 873 g/mol. The van der Waals surface area contributed by atoms with E-state index in [2.05, 4.69) is 222 Å². The monoisotopic (exact) mass is 948 g/mol. The molecule has 4 aromatic carbocycles. The van der Waals surface area contributed by atoms with E-state index in [0.29, 0.717) is 23.7 Å². The molecular formula is C54H77BrN4O2Si2. The van der Waals surface area contributed by atoms with E-state index in [9.17, 15) is 0 Å². The smallest absolute Gasteiger partial charge is 0.252 e. The molecule has 0 aliphatic carbocycles. The largest absolute Gasteiger partial charge is 0.531 e. The van der Waals surface area contributed by atoms with Crippen LogP contribution < -0.4 is 19.9 Å². The maximum atomic E-state index is 6.50. The van der Waals surface area contributed by atoms with Crippen LogP contribution in [0, 0.1) is 0 Å². The Hall–Kier alpha value is -4.19. The second-order valence-electron chi connectivity index (χ2n) is 21.1. The summed E-state index contributed by atoms with van der Waals surface area (Å²) < 4.78 is 13.7. The third-order valence-electron chi connectivity index (χ3n) is 12.7. The average Bonchev–Trinajstić information content (AvgIpc) is 3.17. The van der Waals surface area contributed by atoms with Crippen molar-refractivity contribution in [1.29, 1.82) is 0 Å². The van der Waals surface area contributed by atoms with E-state index in [-0.39, 0.29) is 10.1 Å². The van der Waals surface area contributed by atoms with E-state index < -0.39 is 16.6 Å². The first-order valence-corrected chi connectivity index (χ1v) is 29.4. The van der Waals surface area contributed by atoms with Gasteiger partial charge in [-0.2, -0.15) is 0 Å². The molecule has 6 aromatic rings. The number of nitrogens with one attached hydrogen (secondary N) is 1. The van der Waals surface area contributed by atoms with Crippen LogP contribution in [0.5, 0.6) is 11.8 Å². The van der Waals surface area contributed by atoms with Crippen LogP contribution in [0.15, 0.2) is 102 Å². The van der Waals surface area contributed by atoms with Gasteiger partial charge >= 0.3 is 0 Å². The zero-order valence-corrected chi connectivity index (χ0v) is 45.3. The molecule has 0 saturated heterocycles. The second kappa shape index (κ2) is 20.8. The van der Waals surface area contributed by atoms with E-state index in [1.165, 1.54) is 27.9 Å². The van der Waals surface area contributed by atoms with Gasteiger partial charge in [-0.05, 0) is 135 Å². The molecule has 0 atom stereocenters. The summed E-state index contributed by atoms with van der Waals surface area (Å²) >= 11 is 3.54. The van der Waals surface area contributed by atoms with Crippen molar-refractivity contribution < 1.29 is 8.85 Å². The van der Waals surface area contributed by atoms with Crippen molar-refractivity contribution in [3.8, 4) is 11.8 Å². The van der Waals surface area contributed by atoms with Crippen molar-refractivity contribution >= 4 is 71.4 Å². The lowest BCUT2D eigenvalue weighted by Crippen LogP contribution is -2.44. The first kappa shape index (κ1) is 51.4. The van der Waals surface area contributed by atoms with E-state index in [1.54, 1.807) is 0 Å². The summed E-state index contributed by atoms with van der Waals surface area (Å²) in [5.74, 6) is 3.33. The van der Waals surface area contributed by atoms with Crippen LogP contribution in [0.25, 0.3) is 21.8 Å². The number of pyridine rings is 2. The highest BCUT2D eigenvalue weighted by molar-refractivity contribution is 9.10. The second-order valence-corrected chi connectivity index (χ2v) is 31.4. The Morgan fingerprint density at radius 2 is 0.873 bits per heavy atom. The van der Waals surface area contributed by atoms with E-state index >= 15 is 0 Å². The van der Waals surface area contributed by atoms with Crippen LogP contribution in [-0.2, 0) is 0 Å². The predicted molar refractivity (Wildman–Crippen MR) is 284 cm³/mol. The van der Waals surface area contributed by atoms with Gasteiger partial charge in [0.25, 0.3) is 16.6 Å². The Morgan fingerprint density at radius 3 is 1.29 bits per heavy atom. The number of para-hydroxylation sites is 4. The molecule has 6 rings (SSSR count). The van der Waals surface area contributed by atoms with E-state index in [0.717, 1.165) is 49.4 Å². The van der Waals surface area contributed by atoms with Gasteiger partial charge in [0.2, 0.25) is 0 Å². The molecule has 0 aliphatic heterocycles. The lowest BCUT2D eigenvalue weighted by atomic mass is 9.92. The molecule has 9 heteroatoms. The fourth-order valence-corrected chi connectivity index (χ4v) is 9.06. The molecule has 0 saturated carbocycles. The van der Waals surface area contributed by atoms with Crippen LogP contribution in [-0.4, -0.2) is 26.6 Å². The molecule has 0 spiro atoms. The number of rotatable bonds is 10. The molecule has 0 radical (unpaired) electrons. The van der Waals surface area contributed by atoms with Gasteiger partial charge in [0.05, 0.1) is 16.7 Å². The third kappa shape index (κ3) is 13.0. The lowest BCUT2D eigenvalue weighted by molar-refractivity contribution is 0.478. The highest BCUT2D eigenvalue weighted by Gasteiger charge is 2.40. The summed E-state index contributed by atoms with van der Waals surface area (Å²) in [6.45, 7) is 40.1. The average molecular weight is 950 g/mol. The van der Waals surface area contributed by atoms with Crippen LogP contribution in [0.3, 0.4) is 0 Å². The predicted octanol–water partition coefficient (Wildman–Crippen LogP) is 17.5. The van der Waals surface area contributed by atoms with Crippen molar-refractivity contribution in [3.05, 3.63) is 124 Å². The fraction of sp³-hybridized carbons (Fsp3) is 0.444. The normalized spacial score (nSPS) is 12.4. The minimum atomic E-state index is -1.96. The van der Waals surface area contributed by atoms with Gasteiger partial charge in [0.15, 0.2) is 11.8 Å². The van der Waals surface area contributed by atoms with Gasteiger partial charge in [-0.15, -0.1) is 0 Å². The lowest BCUT2D eigenvalue weighted by Gasteiger charge is -2.35. The van der Waals surface area contributed by atoms with E-state index in [4.69, 9.17) is 19.6 Å². The highest BCUT2D eigenvalue weighted by Crippen LogP contribution is 2.40. The van der Waals surface area contributed by atoms with Gasteiger partial charge in [-0.3, -0.25) is 0 Å². The van der Waals surface area contributed by atoms with Crippen LogP contribution in [0.2, 0.25) is 36.3 Å². The first-order chi connectivity index (χ1) is 29.1. The minimum Gasteiger partial charge on any atom is -0.531 e. The Morgan fingerprint density at radius 1 is 0.508 bits per heavy atom. The SMILES string of the molecule is CC(C)(C)[Si](C)(C)Oc1ccc2cccc(Br)c2n1.CC(C)c1cccc(C(C)C)c1N.CC(C)c1cccc(C(C)C)c1Nc1cccc2ccc(O[Si](C)(C)C(C)(C)C)nc12. The fourth-order valence-electron chi connectivity index (χ4n) is 6.70. The van der Waals surface area contributed by atoms with Crippen molar-refractivity contribution in [1.82, 2.24) is 9.97 Å². The van der Waals surface area contributed by atoms with Crippen LogP contribution >= 0.6 is 15.9 Å². The summed E-state index contributed by atoms with van der Waals surface area (Å²) in [7, 11) is -3.78. The van der Waals surface area contributed by atoms with E-state index in [1.807, 2.05) is 24.3 Å². The minimum absolute atomic E-state index is 0.129. The molecule has 0 aliphatic rings. The number of anilines is 3. The summed E-state index contributed by atoms with van der Waals surface area (Å²) in [5, 5.41) is 6.30. The molecule has 6 nitrogen and oxygen atoms in total. The zero-order chi connectivity index (χ0) is 47.2. The molecule has 0 amide bonds. The quantitative estimate of drug-likeness (QED) is 0.105. The molecule has 340 valence electrons. The molecule has 2 heterocycles. The van der Waals surface area contributed by atoms with Crippen molar-refractivity contribution in [2.75, 3.05) is 11.1 Å². The van der Waals surface area contributed by atoms with Crippen LogP contribution in [0.1, 0.15) is 143 Å². The summed E-state index contributed by atoms with van der Waals surface area (Å²) in [4.78, 5) is 9.61. The number of nitrogens with two attached hydrogens (primary N) is 1. The molecule has 0 unspecified atom stereocenters. The Kier molecular flexibility index (Phi) is 17.0. The summed E-state index contributed by atoms with van der Waals surface area (Å²) in [6.07, 6.45) is 0. The van der Waals surface area contributed by atoms with Gasteiger partial charge in [-0.1, -0.05) is 158 Å². The summed E-state index contributed by atoms with van der Waals surface area (Å²) in [6, 6.07) is 33.5. The van der Waals surface area contributed by atoms with Crippen molar-refractivity contribution in [2.24, 2.45) is 0 Å². The Balaban J connectivity index is 0.000000230. The topological polar surface area (TPSA) is 82.3 Å². The zero-order valence-electron chi connectivity index (χ0n) is 41.7. The Bertz CT molecular complexity index is 2410. The molecule has 3 N–H and O–H groups in total. The first-order valence-electron chi connectivity index (χ1n) is 22.8. The number of hydrogen-bond donors (Lipinski definition) is 2. The highest BCUT2D eigenvalue weighted by atomic mass is 79.9. The van der Waals surface area contributed by atoms with Gasteiger partial charge in [0, 0.05) is 26.6 Å². The number of aromatic nitrogens is 2. The molecule has 63 heavy (non-hydrogen) atoms. The number of halogens is 1. The third-order valence-corrected chi connectivity index (χ3v) is 22.0. The number of nitrogens with zero attached hydrogens (tertiary/aromatic N) is 2. The molecule has 0 fully saturated rings. The van der Waals surface area contributed by atoms with Gasteiger partial charge in [0.1, 0.15) is 0 Å². The number of fused-ring (bicyclic) bond motifs is 2. The maximum absolute atomic E-state index is 6.50. The maximum Gasteiger partial charge on any atom is 0.252 e.